The van der Waals surface area contributed by atoms with Crippen LogP contribution in [0.3, 0.4) is 0 Å². The van der Waals surface area contributed by atoms with Crippen LogP contribution in [0.25, 0.3) is 0 Å². The van der Waals surface area contributed by atoms with Gasteiger partial charge in [0, 0.05) is 32.2 Å². The Kier molecular flexibility index (Phi) is 7.40. The molecule has 2 N–H and O–H groups in total. The first-order valence-electron chi connectivity index (χ1n) is 6.51. The van der Waals surface area contributed by atoms with Gasteiger partial charge in [-0.2, -0.15) is 0 Å². The molecular weight excluding hydrogens is 244 g/mol. The summed E-state index contributed by atoms with van der Waals surface area (Å²) in [7, 11) is 1.66. The number of aryl methyl sites for hydroxylation is 1. The first kappa shape index (κ1) is 15.9. The van der Waals surface area contributed by atoms with Gasteiger partial charge in [0.15, 0.2) is 0 Å². The maximum atomic E-state index is 5.95. The summed E-state index contributed by atoms with van der Waals surface area (Å²) in [5, 5.41) is 0. The molecule has 0 aliphatic heterocycles. The van der Waals surface area contributed by atoms with Gasteiger partial charge in [-0.05, 0) is 31.4 Å². The van der Waals surface area contributed by atoms with Crippen LogP contribution in [0.15, 0.2) is 6.20 Å². The highest BCUT2D eigenvalue weighted by Gasteiger charge is 2.05. The fraction of sp³-hybridized carbons (Fsp3) is 0.643. The average molecular weight is 268 g/mol. The van der Waals surface area contributed by atoms with Gasteiger partial charge < -0.3 is 19.9 Å². The molecule has 1 aromatic heterocycles. The van der Waals surface area contributed by atoms with Crippen molar-refractivity contribution >= 4 is 5.69 Å². The Morgan fingerprint density at radius 2 is 1.84 bits per heavy atom. The minimum Gasteiger partial charge on any atom is -0.398 e. The van der Waals surface area contributed by atoms with E-state index in [-0.39, 0.29) is 0 Å². The molecule has 0 fully saturated rings. The van der Waals surface area contributed by atoms with E-state index in [0.717, 1.165) is 28.9 Å². The van der Waals surface area contributed by atoms with E-state index in [4.69, 9.17) is 19.9 Å². The van der Waals surface area contributed by atoms with Crippen molar-refractivity contribution in [2.24, 2.45) is 0 Å². The monoisotopic (exact) mass is 268 g/mol. The zero-order valence-electron chi connectivity index (χ0n) is 12.1. The van der Waals surface area contributed by atoms with E-state index in [1.165, 1.54) is 0 Å². The third-order valence-electron chi connectivity index (χ3n) is 2.92. The largest absolute Gasteiger partial charge is 0.398 e. The number of nitrogen functional groups attached to an aromatic ring is 1. The smallest absolute Gasteiger partial charge is 0.0891 e. The molecule has 0 atom stereocenters. The molecule has 0 saturated carbocycles. The van der Waals surface area contributed by atoms with E-state index >= 15 is 0 Å². The van der Waals surface area contributed by atoms with Crippen molar-refractivity contribution < 1.29 is 14.2 Å². The van der Waals surface area contributed by atoms with Gasteiger partial charge in [0.25, 0.3) is 0 Å². The van der Waals surface area contributed by atoms with Crippen LogP contribution in [0.4, 0.5) is 5.69 Å². The van der Waals surface area contributed by atoms with Crippen LogP contribution < -0.4 is 5.73 Å². The standard InChI is InChI=1S/C14H24N2O3/c1-11-9-16-13(12(2)14(11)15)10-19-6-4-5-18-8-7-17-3/h9H,4-8,10H2,1-3H3,(H2,15,16). The summed E-state index contributed by atoms with van der Waals surface area (Å²) in [4.78, 5) is 4.34. The van der Waals surface area contributed by atoms with Crippen LogP contribution in [0.5, 0.6) is 0 Å². The number of rotatable bonds is 9. The van der Waals surface area contributed by atoms with E-state index in [2.05, 4.69) is 4.98 Å². The number of hydrogen-bond acceptors (Lipinski definition) is 5. The van der Waals surface area contributed by atoms with E-state index < -0.39 is 0 Å². The molecule has 0 spiro atoms. The quantitative estimate of drug-likeness (QED) is 0.692. The lowest BCUT2D eigenvalue weighted by molar-refractivity contribution is 0.0477. The van der Waals surface area contributed by atoms with Crippen molar-refractivity contribution in [2.75, 3.05) is 39.3 Å². The maximum absolute atomic E-state index is 5.95. The molecule has 0 aliphatic carbocycles. The van der Waals surface area contributed by atoms with Crippen LogP contribution >= 0.6 is 0 Å². The molecule has 1 aromatic rings. The van der Waals surface area contributed by atoms with Gasteiger partial charge in [0.05, 0.1) is 25.5 Å². The van der Waals surface area contributed by atoms with Crippen LogP contribution in [-0.4, -0.2) is 38.5 Å². The Hall–Kier alpha value is -1.17. The maximum Gasteiger partial charge on any atom is 0.0891 e. The van der Waals surface area contributed by atoms with Crippen LogP contribution in [0.1, 0.15) is 23.2 Å². The van der Waals surface area contributed by atoms with Crippen molar-refractivity contribution in [3.8, 4) is 0 Å². The Balaban J connectivity index is 2.18. The topological polar surface area (TPSA) is 66.6 Å². The second-order valence-electron chi connectivity index (χ2n) is 4.44. The summed E-state index contributed by atoms with van der Waals surface area (Å²) in [6, 6.07) is 0. The summed E-state index contributed by atoms with van der Waals surface area (Å²) in [6.07, 6.45) is 2.65. The number of nitrogens with zero attached hydrogens (tertiary/aromatic N) is 1. The predicted molar refractivity (Wildman–Crippen MR) is 75.1 cm³/mol. The summed E-state index contributed by atoms with van der Waals surface area (Å²) in [6.45, 7) is 7.03. The molecule has 0 radical (unpaired) electrons. The number of anilines is 1. The number of methoxy groups -OCH3 is 1. The molecule has 0 bridgehead atoms. The van der Waals surface area contributed by atoms with Gasteiger partial charge >= 0.3 is 0 Å². The highest BCUT2D eigenvalue weighted by Crippen LogP contribution is 2.18. The molecule has 1 heterocycles. The molecule has 1 rings (SSSR count). The van der Waals surface area contributed by atoms with Crippen molar-refractivity contribution in [3.63, 3.8) is 0 Å². The summed E-state index contributed by atoms with van der Waals surface area (Å²) < 4.78 is 15.8. The van der Waals surface area contributed by atoms with Gasteiger partial charge in [-0.3, -0.25) is 4.98 Å². The molecule has 5 heteroatoms. The Morgan fingerprint density at radius 3 is 2.58 bits per heavy atom. The molecular formula is C14H24N2O3. The Labute approximate surface area is 115 Å². The molecule has 0 amide bonds. The van der Waals surface area contributed by atoms with Crippen LogP contribution in [0.2, 0.25) is 0 Å². The third kappa shape index (κ3) is 5.55. The van der Waals surface area contributed by atoms with Crippen LogP contribution in [-0.2, 0) is 20.8 Å². The lowest BCUT2D eigenvalue weighted by Crippen LogP contribution is -2.07. The number of pyridine rings is 1. The van der Waals surface area contributed by atoms with E-state index in [1.807, 2.05) is 13.8 Å². The summed E-state index contributed by atoms with van der Waals surface area (Å²) >= 11 is 0. The predicted octanol–water partition coefficient (Wildman–Crippen LogP) is 1.85. The van der Waals surface area contributed by atoms with Crippen LogP contribution in [0, 0.1) is 13.8 Å². The average Bonchev–Trinajstić information content (AvgIpc) is 2.41. The van der Waals surface area contributed by atoms with E-state index in [9.17, 15) is 0 Å². The SMILES string of the molecule is COCCOCCCOCc1ncc(C)c(N)c1C. The number of aromatic nitrogens is 1. The summed E-state index contributed by atoms with van der Waals surface area (Å²) in [5.74, 6) is 0. The van der Waals surface area contributed by atoms with Crippen molar-refractivity contribution in [1.82, 2.24) is 4.98 Å². The second-order valence-corrected chi connectivity index (χ2v) is 4.44. The first-order chi connectivity index (χ1) is 9.16. The molecule has 0 aliphatic rings. The fourth-order valence-corrected chi connectivity index (χ4v) is 1.61. The van der Waals surface area contributed by atoms with E-state index in [0.29, 0.717) is 33.0 Å². The fourth-order valence-electron chi connectivity index (χ4n) is 1.61. The van der Waals surface area contributed by atoms with Crippen molar-refractivity contribution in [2.45, 2.75) is 26.9 Å². The number of ether oxygens (including phenoxy) is 3. The van der Waals surface area contributed by atoms with Crippen molar-refractivity contribution in [3.05, 3.63) is 23.0 Å². The van der Waals surface area contributed by atoms with Crippen molar-refractivity contribution in [1.29, 1.82) is 0 Å². The van der Waals surface area contributed by atoms with E-state index in [1.54, 1.807) is 13.3 Å². The third-order valence-corrected chi connectivity index (χ3v) is 2.92. The minimum atomic E-state index is 0.494. The Bertz CT molecular complexity index is 383. The van der Waals surface area contributed by atoms with Gasteiger partial charge in [0.1, 0.15) is 0 Å². The molecule has 5 nitrogen and oxygen atoms in total. The molecule has 0 unspecified atom stereocenters. The second kappa shape index (κ2) is 8.85. The molecule has 0 saturated heterocycles. The lowest BCUT2D eigenvalue weighted by atomic mass is 10.1. The zero-order chi connectivity index (χ0) is 14.1. The molecule has 19 heavy (non-hydrogen) atoms. The lowest BCUT2D eigenvalue weighted by Gasteiger charge is -2.10. The molecule has 0 aromatic carbocycles. The molecule has 108 valence electrons. The van der Waals surface area contributed by atoms with Gasteiger partial charge in [-0.25, -0.2) is 0 Å². The minimum absolute atomic E-state index is 0.494. The number of hydrogen-bond donors (Lipinski definition) is 1. The zero-order valence-corrected chi connectivity index (χ0v) is 12.1. The highest BCUT2D eigenvalue weighted by atomic mass is 16.5. The normalized spacial score (nSPS) is 10.9. The highest BCUT2D eigenvalue weighted by molar-refractivity contribution is 5.53. The van der Waals surface area contributed by atoms with Gasteiger partial charge in [-0.1, -0.05) is 0 Å². The first-order valence-corrected chi connectivity index (χ1v) is 6.51. The summed E-state index contributed by atoms with van der Waals surface area (Å²) in [5.41, 5.74) is 9.68. The van der Waals surface area contributed by atoms with Gasteiger partial charge in [-0.15, -0.1) is 0 Å². The number of nitrogens with two attached hydrogens (primary N) is 1. The van der Waals surface area contributed by atoms with Gasteiger partial charge in [0.2, 0.25) is 0 Å². The Morgan fingerprint density at radius 1 is 1.11 bits per heavy atom.